The lowest BCUT2D eigenvalue weighted by atomic mass is 10.2. The van der Waals surface area contributed by atoms with Crippen LogP contribution in [0.25, 0.3) is 0 Å². The van der Waals surface area contributed by atoms with Gasteiger partial charge in [0.2, 0.25) is 21.9 Å². The van der Waals surface area contributed by atoms with Gasteiger partial charge in [0, 0.05) is 27.2 Å². The first-order valence-corrected chi connectivity index (χ1v) is 10.1. The maximum atomic E-state index is 12.5. The molecule has 1 aromatic heterocycles. The number of nitrogens with one attached hydrogen (secondary N) is 1. The topological polar surface area (TPSA) is 91.3 Å². The van der Waals surface area contributed by atoms with Crippen molar-refractivity contribution in [3.8, 4) is 0 Å². The van der Waals surface area contributed by atoms with Crippen molar-refractivity contribution in [2.24, 2.45) is 0 Å². The number of hydrogen-bond donors (Lipinski definition) is 1. The molecule has 0 bridgehead atoms. The average Bonchev–Trinajstić information content (AvgIpc) is 3.14. The molecule has 9 heteroatoms. The van der Waals surface area contributed by atoms with Crippen molar-refractivity contribution in [1.29, 1.82) is 0 Å². The maximum absolute atomic E-state index is 12.5. The van der Waals surface area contributed by atoms with E-state index >= 15 is 0 Å². The molecule has 8 nitrogen and oxygen atoms in total. The summed E-state index contributed by atoms with van der Waals surface area (Å²) >= 11 is 0. The SMILES string of the molecule is Cc1cccc(S(=O)(=O)NCc2nc(N(C)C)nc(N3CCCC3)n2)c1. The van der Waals surface area contributed by atoms with Gasteiger partial charge in [-0.3, -0.25) is 0 Å². The summed E-state index contributed by atoms with van der Waals surface area (Å²) in [5.74, 6) is 1.53. The summed E-state index contributed by atoms with van der Waals surface area (Å²) in [7, 11) is 0.0784. The fourth-order valence-electron chi connectivity index (χ4n) is 2.76. The van der Waals surface area contributed by atoms with Gasteiger partial charge in [-0.15, -0.1) is 0 Å². The number of sulfonamides is 1. The van der Waals surface area contributed by atoms with Crippen LogP contribution in [0.2, 0.25) is 0 Å². The molecule has 0 radical (unpaired) electrons. The Bertz CT molecular complexity index is 879. The quantitative estimate of drug-likeness (QED) is 0.813. The summed E-state index contributed by atoms with van der Waals surface area (Å²) in [6.07, 6.45) is 2.22. The smallest absolute Gasteiger partial charge is 0.240 e. The molecule has 140 valence electrons. The Morgan fingerprint density at radius 1 is 1.15 bits per heavy atom. The minimum Gasteiger partial charge on any atom is -0.347 e. The van der Waals surface area contributed by atoms with Gasteiger partial charge >= 0.3 is 0 Å². The zero-order chi connectivity index (χ0) is 18.7. The summed E-state index contributed by atoms with van der Waals surface area (Å²) in [5, 5.41) is 0. The van der Waals surface area contributed by atoms with E-state index in [2.05, 4.69) is 24.6 Å². The van der Waals surface area contributed by atoms with Gasteiger partial charge in [-0.05, 0) is 37.5 Å². The number of hydrogen-bond acceptors (Lipinski definition) is 7. The Morgan fingerprint density at radius 2 is 1.88 bits per heavy atom. The zero-order valence-corrected chi connectivity index (χ0v) is 16.1. The molecule has 2 aromatic rings. The highest BCUT2D eigenvalue weighted by Gasteiger charge is 2.19. The van der Waals surface area contributed by atoms with E-state index in [1.165, 1.54) is 0 Å². The van der Waals surface area contributed by atoms with Crippen LogP contribution >= 0.6 is 0 Å². The summed E-state index contributed by atoms with van der Waals surface area (Å²) in [6.45, 7) is 3.69. The summed E-state index contributed by atoms with van der Waals surface area (Å²) in [4.78, 5) is 17.4. The monoisotopic (exact) mass is 376 g/mol. The van der Waals surface area contributed by atoms with Crippen molar-refractivity contribution >= 4 is 21.9 Å². The third-order valence-electron chi connectivity index (χ3n) is 4.17. The van der Waals surface area contributed by atoms with Crippen LogP contribution in [0.1, 0.15) is 24.2 Å². The standard InChI is InChI=1S/C17H24N6O2S/c1-13-7-6-8-14(11-13)26(24,25)18-12-15-19-16(22(2)3)21-17(20-15)23-9-4-5-10-23/h6-8,11,18H,4-5,9-10,12H2,1-3H3. The highest BCUT2D eigenvalue weighted by molar-refractivity contribution is 7.89. The molecule has 1 aliphatic rings. The molecular formula is C17H24N6O2S. The van der Waals surface area contributed by atoms with E-state index in [9.17, 15) is 8.42 Å². The van der Waals surface area contributed by atoms with Crippen LogP contribution in [0.15, 0.2) is 29.2 Å². The van der Waals surface area contributed by atoms with Crippen LogP contribution < -0.4 is 14.5 Å². The molecular weight excluding hydrogens is 352 g/mol. The van der Waals surface area contributed by atoms with Gasteiger partial charge in [0.1, 0.15) is 0 Å². The number of aryl methyl sites for hydroxylation is 1. The molecule has 0 atom stereocenters. The van der Waals surface area contributed by atoms with Gasteiger partial charge in [0.15, 0.2) is 5.82 Å². The van der Waals surface area contributed by atoms with Crippen molar-refractivity contribution in [2.45, 2.75) is 31.2 Å². The van der Waals surface area contributed by atoms with Crippen LogP contribution in [0.5, 0.6) is 0 Å². The number of rotatable bonds is 6. The molecule has 1 aliphatic heterocycles. The van der Waals surface area contributed by atoms with E-state index in [4.69, 9.17) is 0 Å². The first kappa shape index (κ1) is 18.5. The minimum atomic E-state index is -3.62. The van der Waals surface area contributed by atoms with Crippen LogP contribution in [0.3, 0.4) is 0 Å². The first-order valence-electron chi connectivity index (χ1n) is 8.59. The minimum absolute atomic E-state index is 0.0144. The molecule has 2 heterocycles. The van der Waals surface area contributed by atoms with Crippen molar-refractivity contribution in [3.63, 3.8) is 0 Å². The van der Waals surface area contributed by atoms with Gasteiger partial charge in [0.05, 0.1) is 11.4 Å². The predicted molar refractivity (Wildman–Crippen MR) is 101 cm³/mol. The van der Waals surface area contributed by atoms with Crippen LogP contribution in [-0.4, -0.2) is 50.6 Å². The number of anilines is 2. The van der Waals surface area contributed by atoms with E-state index < -0.39 is 10.0 Å². The highest BCUT2D eigenvalue weighted by Crippen LogP contribution is 2.18. The summed E-state index contributed by atoms with van der Waals surface area (Å²) in [6, 6.07) is 6.79. The molecule has 0 aliphatic carbocycles. The third-order valence-corrected chi connectivity index (χ3v) is 5.57. The largest absolute Gasteiger partial charge is 0.347 e. The van der Waals surface area contributed by atoms with Gasteiger partial charge < -0.3 is 9.80 Å². The third kappa shape index (κ3) is 4.28. The lowest BCUT2D eigenvalue weighted by Gasteiger charge is -2.19. The van der Waals surface area contributed by atoms with Gasteiger partial charge in [0.25, 0.3) is 0 Å². The predicted octanol–water partition coefficient (Wildman–Crippen LogP) is 1.32. The Morgan fingerprint density at radius 3 is 2.54 bits per heavy atom. The fraction of sp³-hybridized carbons (Fsp3) is 0.471. The lowest BCUT2D eigenvalue weighted by molar-refractivity contribution is 0.578. The molecule has 1 aromatic carbocycles. The van der Waals surface area contributed by atoms with Crippen LogP contribution in [0, 0.1) is 6.92 Å². The Balaban J connectivity index is 1.82. The van der Waals surface area contributed by atoms with E-state index in [1.54, 1.807) is 23.1 Å². The summed E-state index contributed by atoms with van der Waals surface area (Å²) < 4.78 is 27.6. The highest BCUT2D eigenvalue weighted by atomic mass is 32.2. The second-order valence-corrected chi connectivity index (χ2v) is 8.35. The van der Waals surface area contributed by atoms with E-state index in [1.807, 2.05) is 27.1 Å². The van der Waals surface area contributed by atoms with Crippen LogP contribution in [-0.2, 0) is 16.6 Å². The second-order valence-electron chi connectivity index (χ2n) is 6.58. The average molecular weight is 376 g/mol. The van der Waals surface area contributed by atoms with Crippen molar-refractivity contribution in [1.82, 2.24) is 19.7 Å². The molecule has 1 saturated heterocycles. The molecule has 3 rings (SSSR count). The van der Waals surface area contributed by atoms with Crippen LogP contribution in [0.4, 0.5) is 11.9 Å². The number of benzene rings is 1. The number of aromatic nitrogens is 3. The van der Waals surface area contributed by atoms with E-state index in [0.717, 1.165) is 31.5 Å². The van der Waals surface area contributed by atoms with Crippen molar-refractivity contribution in [3.05, 3.63) is 35.7 Å². The molecule has 1 fully saturated rings. The first-order chi connectivity index (χ1) is 12.3. The van der Waals surface area contributed by atoms with Crippen molar-refractivity contribution in [2.75, 3.05) is 37.0 Å². The fourth-order valence-corrected chi connectivity index (χ4v) is 3.84. The van der Waals surface area contributed by atoms with Gasteiger partial charge in [-0.25, -0.2) is 13.1 Å². The molecule has 1 N–H and O–H groups in total. The molecule has 26 heavy (non-hydrogen) atoms. The van der Waals surface area contributed by atoms with Gasteiger partial charge in [-0.2, -0.15) is 15.0 Å². The van der Waals surface area contributed by atoms with E-state index in [-0.39, 0.29) is 11.4 Å². The normalized spacial score (nSPS) is 14.7. The van der Waals surface area contributed by atoms with E-state index in [0.29, 0.717) is 17.7 Å². The van der Waals surface area contributed by atoms with Gasteiger partial charge in [-0.1, -0.05) is 12.1 Å². The Hall–Kier alpha value is -2.26. The molecule has 0 amide bonds. The molecule has 0 saturated carbocycles. The zero-order valence-electron chi connectivity index (χ0n) is 15.3. The number of nitrogens with zero attached hydrogens (tertiary/aromatic N) is 5. The molecule has 0 spiro atoms. The van der Waals surface area contributed by atoms with Crippen molar-refractivity contribution < 1.29 is 8.42 Å². The lowest BCUT2D eigenvalue weighted by Crippen LogP contribution is -2.27. The Labute approximate surface area is 154 Å². The maximum Gasteiger partial charge on any atom is 0.240 e. The second kappa shape index (κ2) is 7.55. The molecule has 0 unspecified atom stereocenters. The Kier molecular flexibility index (Phi) is 5.38. The summed E-state index contributed by atoms with van der Waals surface area (Å²) in [5.41, 5.74) is 0.888.